The normalized spacial score (nSPS) is 19.9. The van der Waals surface area contributed by atoms with E-state index in [9.17, 15) is 4.79 Å². The predicted molar refractivity (Wildman–Crippen MR) is 89.4 cm³/mol. The molecule has 4 heteroatoms. The summed E-state index contributed by atoms with van der Waals surface area (Å²) in [5.74, 6) is 0.786. The molecule has 1 heterocycles. The minimum Gasteiger partial charge on any atom is -0.374 e. The van der Waals surface area contributed by atoms with E-state index < -0.39 is 0 Å². The van der Waals surface area contributed by atoms with E-state index in [2.05, 4.69) is 51.8 Å². The predicted octanol–water partition coefficient (Wildman–Crippen LogP) is 2.92. The van der Waals surface area contributed by atoms with Gasteiger partial charge in [0.1, 0.15) is 0 Å². The molecule has 0 aliphatic carbocycles. The molecule has 1 rings (SSSR count). The van der Waals surface area contributed by atoms with Gasteiger partial charge in [0, 0.05) is 19.6 Å². The molecule has 126 valence electrons. The number of morpholine rings is 1. The Kier molecular flexibility index (Phi) is 10.7. The number of rotatable bonds is 7. The van der Waals surface area contributed by atoms with E-state index in [1.807, 2.05) is 0 Å². The van der Waals surface area contributed by atoms with Crippen molar-refractivity contribution >= 4 is 6.41 Å². The third-order valence-electron chi connectivity index (χ3n) is 2.91. The maximum atomic E-state index is 10.2. The first-order chi connectivity index (χ1) is 9.72. The molecular weight excluding hydrogens is 264 g/mol. The van der Waals surface area contributed by atoms with Crippen molar-refractivity contribution in [3.05, 3.63) is 0 Å². The smallest absolute Gasteiger partial charge is 0.207 e. The van der Waals surface area contributed by atoms with Gasteiger partial charge < -0.3 is 10.1 Å². The molecule has 0 aromatic heterocycles. The van der Waals surface area contributed by atoms with Crippen LogP contribution in [0.4, 0.5) is 0 Å². The SMILES string of the molecule is CC(C)(C)C.CC(C)CCCN1CCOC(CNC=O)C1. The quantitative estimate of drug-likeness (QED) is 0.735. The summed E-state index contributed by atoms with van der Waals surface area (Å²) in [6.45, 7) is 17.8. The first kappa shape index (κ1) is 20.4. The van der Waals surface area contributed by atoms with Gasteiger partial charge in [-0.15, -0.1) is 0 Å². The average molecular weight is 300 g/mol. The third kappa shape index (κ3) is 15.6. The van der Waals surface area contributed by atoms with E-state index in [-0.39, 0.29) is 6.10 Å². The van der Waals surface area contributed by atoms with Crippen LogP contribution in [0.25, 0.3) is 0 Å². The van der Waals surface area contributed by atoms with Gasteiger partial charge in [-0.3, -0.25) is 9.69 Å². The Morgan fingerprint density at radius 2 is 1.95 bits per heavy atom. The molecule has 0 saturated carbocycles. The van der Waals surface area contributed by atoms with Gasteiger partial charge in [-0.2, -0.15) is 0 Å². The molecule has 0 aromatic rings. The average Bonchev–Trinajstić information content (AvgIpc) is 2.34. The zero-order valence-electron chi connectivity index (χ0n) is 14.9. The molecule has 1 N–H and O–H groups in total. The summed E-state index contributed by atoms with van der Waals surface area (Å²) in [7, 11) is 0. The monoisotopic (exact) mass is 300 g/mol. The third-order valence-corrected chi connectivity index (χ3v) is 2.91. The maximum absolute atomic E-state index is 10.2. The van der Waals surface area contributed by atoms with Crippen molar-refractivity contribution in [1.29, 1.82) is 0 Å². The summed E-state index contributed by atoms with van der Waals surface area (Å²) in [4.78, 5) is 12.6. The van der Waals surface area contributed by atoms with E-state index in [0.717, 1.165) is 38.6 Å². The maximum Gasteiger partial charge on any atom is 0.207 e. The van der Waals surface area contributed by atoms with Crippen LogP contribution >= 0.6 is 0 Å². The van der Waals surface area contributed by atoms with E-state index in [4.69, 9.17) is 4.74 Å². The molecular formula is C17H36N2O2. The largest absolute Gasteiger partial charge is 0.374 e. The molecule has 1 fully saturated rings. The van der Waals surface area contributed by atoms with Crippen LogP contribution in [0, 0.1) is 11.3 Å². The van der Waals surface area contributed by atoms with Crippen molar-refractivity contribution in [2.24, 2.45) is 11.3 Å². The van der Waals surface area contributed by atoms with Crippen LogP contribution in [0.5, 0.6) is 0 Å². The first-order valence-electron chi connectivity index (χ1n) is 8.23. The molecule has 0 radical (unpaired) electrons. The van der Waals surface area contributed by atoms with Crippen molar-refractivity contribution in [2.75, 3.05) is 32.8 Å². The molecule has 0 bridgehead atoms. The van der Waals surface area contributed by atoms with Crippen LogP contribution in [0.2, 0.25) is 0 Å². The van der Waals surface area contributed by atoms with E-state index in [1.165, 1.54) is 12.8 Å². The molecule has 4 nitrogen and oxygen atoms in total. The Balaban J connectivity index is 0.000000690. The summed E-state index contributed by atoms with van der Waals surface area (Å²) < 4.78 is 5.57. The number of amides is 1. The van der Waals surface area contributed by atoms with Gasteiger partial charge in [0.2, 0.25) is 6.41 Å². The second kappa shape index (κ2) is 11.0. The van der Waals surface area contributed by atoms with Gasteiger partial charge >= 0.3 is 0 Å². The van der Waals surface area contributed by atoms with Gasteiger partial charge in [-0.05, 0) is 30.7 Å². The molecule has 21 heavy (non-hydrogen) atoms. The van der Waals surface area contributed by atoms with Crippen LogP contribution < -0.4 is 5.32 Å². The second-order valence-corrected chi connectivity index (χ2v) is 7.86. The highest BCUT2D eigenvalue weighted by molar-refractivity contribution is 5.45. The summed E-state index contributed by atoms with van der Waals surface area (Å²) in [6.07, 6.45) is 3.44. The second-order valence-electron chi connectivity index (χ2n) is 7.86. The Morgan fingerprint density at radius 1 is 1.33 bits per heavy atom. The number of ether oxygens (including phenoxy) is 1. The molecule has 1 atom stereocenters. The molecule has 1 aliphatic heterocycles. The summed E-state index contributed by atoms with van der Waals surface area (Å²) in [6, 6.07) is 0. The number of nitrogens with one attached hydrogen (secondary N) is 1. The summed E-state index contributed by atoms with van der Waals surface area (Å²) in [5.41, 5.74) is 0.500. The lowest BCUT2D eigenvalue weighted by molar-refractivity contribution is -0.110. The van der Waals surface area contributed by atoms with Crippen LogP contribution in [0.15, 0.2) is 0 Å². The van der Waals surface area contributed by atoms with Crippen molar-refractivity contribution < 1.29 is 9.53 Å². The van der Waals surface area contributed by atoms with Crippen molar-refractivity contribution in [1.82, 2.24) is 10.2 Å². The van der Waals surface area contributed by atoms with Crippen LogP contribution in [0.3, 0.4) is 0 Å². The van der Waals surface area contributed by atoms with Crippen molar-refractivity contribution in [2.45, 2.75) is 60.5 Å². The highest BCUT2D eigenvalue weighted by atomic mass is 16.5. The lowest BCUT2D eigenvalue weighted by atomic mass is 10.0. The van der Waals surface area contributed by atoms with Crippen LogP contribution in [-0.4, -0.2) is 50.2 Å². The molecule has 1 amide bonds. The lowest BCUT2D eigenvalue weighted by Gasteiger charge is -2.32. The molecule has 0 aromatic carbocycles. The topological polar surface area (TPSA) is 41.6 Å². The highest BCUT2D eigenvalue weighted by Crippen LogP contribution is 2.09. The number of hydrogen-bond donors (Lipinski definition) is 1. The highest BCUT2D eigenvalue weighted by Gasteiger charge is 2.19. The van der Waals surface area contributed by atoms with Gasteiger partial charge in [0.25, 0.3) is 0 Å². The molecule has 0 spiro atoms. The Labute approximate surface area is 131 Å². The van der Waals surface area contributed by atoms with E-state index in [1.54, 1.807) is 0 Å². The van der Waals surface area contributed by atoms with Gasteiger partial charge in [0.05, 0.1) is 12.7 Å². The van der Waals surface area contributed by atoms with Gasteiger partial charge in [0.15, 0.2) is 0 Å². The minimum atomic E-state index is 0.165. The van der Waals surface area contributed by atoms with Gasteiger partial charge in [-0.1, -0.05) is 41.5 Å². The number of hydrogen-bond acceptors (Lipinski definition) is 3. The van der Waals surface area contributed by atoms with E-state index in [0.29, 0.717) is 12.0 Å². The zero-order valence-corrected chi connectivity index (χ0v) is 14.9. The minimum absolute atomic E-state index is 0.165. The summed E-state index contributed by atoms with van der Waals surface area (Å²) >= 11 is 0. The van der Waals surface area contributed by atoms with Crippen LogP contribution in [0.1, 0.15) is 54.4 Å². The standard InChI is InChI=1S/C12H24N2O2.C5H12/c1-11(2)4-3-5-14-6-7-16-12(9-14)8-13-10-15;1-5(2,3)4/h10-12H,3-9H2,1-2H3,(H,13,15);1-4H3. The number of carbonyl (C=O) groups is 1. The number of nitrogens with zero attached hydrogens (tertiary/aromatic N) is 1. The van der Waals surface area contributed by atoms with Crippen molar-refractivity contribution in [3.8, 4) is 0 Å². The number of carbonyl (C=O) groups excluding carboxylic acids is 1. The Hall–Kier alpha value is -0.610. The lowest BCUT2D eigenvalue weighted by Crippen LogP contribution is -2.46. The Morgan fingerprint density at radius 3 is 2.48 bits per heavy atom. The molecule has 1 unspecified atom stereocenters. The first-order valence-corrected chi connectivity index (χ1v) is 8.23. The fourth-order valence-electron chi connectivity index (χ4n) is 2.01. The molecule has 1 saturated heterocycles. The summed E-state index contributed by atoms with van der Waals surface area (Å²) in [5, 5.41) is 2.68. The zero-order chi connectivity index (χ0) is 16.3. The van der Waals surface area contributed by atoms with Crippen LogP contribution in [-0.2, 0) is 9.53 Å². The Bertz CT molecular complexity index is 256. The van der Waals surface area contributed by atoms with E-state index >= 15 is 0 Å². The molecule has 1 aliphatic rings. The fourth-order valence-corrected chi connectivity index (χ4v) is 2.01. The fraction of sp³-hybridized carbons (Fsp3) is 0.941. The van der Waals surface area contributed by atoms with Gasteiger partial charge in [-0.25, -0.2) is 0 Å². The van der Waals surface area contributed by atoms with Crippen molar-refractivity contribution in [3.63, 3.8) is 0 Å².